The van der Waals surface area contributed by atoms with Crippen LogP contribution in [0.3, 0.4) is 0 Å². The number of nitrogens with two attached hydrogens (primary N) is 1. The molecule has 1 aromatic carbocycles. The summed E-state index contributed by atoms with van der Waals surface area (Å²) in [7, 11) is -4.45. The van der Waals surface area contributed by atoms with Crippen molar-refractivity contribution in [2.24, 2.45) is 5.14 Å². The quantitative estimate of drug-likeness (QED) is 0.566. The number of nitrogens with zero attached hydrogens (tertiary/aromatic N) is 5. The molecule has 0 atom stereocenters. The van der Waals surface area contributed by atoms with Crippen LogP contribution in [0.4, 0.5) is 13.6 Å². The van der Waals surface area contributed by atoms with Gasteiger partial charge < -0.3 is 14.4 Å². The van der Waals surface area contributed by atoms with E-state index in [4.69, 9.17) is 14.6 Å². The van der Waals surface area contributed by atoms with Gasteiger partial charge >= 0.3 is 6.09 Å². The Morgan fingerprint density at radius 2 is 1.88 bits per heavy atom. The Bertz CT molecular complexity index is 1340. The van der Waals surface area contributed by atoms with E-state index in [2.05, 4.69) is 15.1 Å². The normalized spacial score (nSPS) is 15.2. The highest BCUT2D eigenvalue weighted by Gasteiger charge is 2.27. The van der Waals surface area contributed by atoms with E-state index in [0.717, 1.165) is 4.68 Å². The number of hydrogen-bond acceptors (Lipinski definition) is 8. The van der Waals surface area contributed by atoms with Gasteiger partial charge in [0.2, 0.25) is 15.9 Å². The lowest BCUT2D eigenvalue weighted by atomic mass is 10.1. The molecular weight excluding hydrogens is 474 g/mol. The molecule has 2 aromatic heterocycles. The highest BCUT2D eigenvalue weighted by Crippen LogP contribution is 2.28. The van der Waals surface area contributed by atoms with Gasteiger partial charge in [-0.1, -0.05) is 0 Å². The van der Waals surface area contributed by atoms with Crippen molar-refractivity contribution in [3.63, 3.8) is 0 Å². The molecule has 2 N–H and O–H groups in total. The first-order chi connectivity index (χ1) is 16.0. The summed E-state index contributed by atoms with van der Waals surface area (Å²) in [6.45, 7) is 4.46. The molecule has 1 aliphatic rings. The van der Waals surface area contributed by atoms with Crippen LogP contribution in [-0.2, 0) is 14.8 Å². The number of likely N-dealkylation sites (tertiary alicyclic amines) is 1. The van der Waals surface area contributed by atoms with Crippen LogP contribution in [0.25, 0.3) is 16.7 Å². The molecule has 0 unspecified atom stereocenters. The molecule has 1 saturated heterocycles. The zero-order chi connectivity index (χ0) is 24.6. The molecule has 1 aliphatic heterocycles. The highest BCUT2D eigenvalue weighted by atomic mass is 32.2. The number of sulfonamides is 1. The molecule has 182 valence electrons. The van der Waals surface area contributed by atoms with Crippen LogP contribution in [0, 0.1) is 11.6 Å². The van der Waals surface area contributed by atoms with Crippen molar-refractivity contribution < 1.29 is 31.5 Å². The van der Waals surface area contributed by atoms with E-state index in [1.54, 1.807) is 18.7 Å². The fraction of sp³-hybridized carbons (Fsp3) is 0.400. The molecule has 11 nitrogen and oxygen atoms in total. The van der Waals surface area contributed by atoms with Crippen molar-refractivity contribution >= 4 is 27.1 Å². The number of benzene rings is 1. The first kappa shape index (κ1) is 23.8. The van der Waals surface area contributed by atoms with Crippen LogP contribution in [0.2, 0.25) is 0 Å². The van der Waals surface area contributed by atoms with Crippen LogP contribution in [-0.4, -0.2) is 64.5 Å². The standard InChI is InChI=1S/C20H22F2N6O5S/c1-11(2)32-20(29)27-5-3-12(4-6-27)33-19-13-9-26-28(18(13)24-10-25-19)16-7-15(22)17(8-14(16)21)34(23,30)31/h7-12H,3-6H2,1-2H3,(H2,23,30,31). The Labute approximate surface area is 193 Å². The van der Waals surface area contributed by atoms with Gasteiger partial charge in [-0.2, -0.15) is 5.10 Å². The van der Waals surface area contributed by atoms with Crippen LogP contribution < -0.4 is 9.88 Å². The number of carbonyl (C=O) groups excluding carboxylic acids is 1. The van der Waals surface area contributed by atoms with Crippen molar-refractivity contribution in [1.29, 1.82) is 0 Å². The smallest absolute Gasteiger partial charge is 0.410 e. The monoisotopic (exact) mass is 496 g/mol. The second kappa shape index (κ2) is 9.10. The van der Waals surface area contributed by atoms with Gasteiger partial charge in [0.1, 0.15) is 34.2 Å². The molecule has 0 aliphatic carbocycles. The Kier molecular flexibility index (Phi) is 6.36. The number of aromatic nitrogens is 4. The number of halogens is 2. The summed E-state index contributed by atoms with van der Waals surface area (Å²) in [4.78, 5) is 20.9. The van der Waals surface area contributed by atoms with Gasteiger partial charge in [-0.05, 0) is 19.9 Å². The van der Waals surface area contributed by atoms with Gasteiger partial charge in [0.25, 0.3) is 0 Å². The molecule has 3 aromatic rings. The van der Waals surface area contributed by atoms with Crippen molar-refractivity contribution in [2.45, 2.75) is 43.8 Å². The molecule has 0 saturated carbocycles. The average Bonchev–Trinajstić information content (AvgIpc) is 3.19. The van der Waals surface area contributed by atoms with Crippen molar-refractivity contribution in [3.05, 3.63) is 36.3 Å². The van der Waals surface area contributed by atoms with E-state index in [9.17, 15) is 22.0 Å². The number of amides is 1. The summed E-state index contributed by atoms with van der Waals surface area (Å²) < 4.78 is 64.0. The number of fused-ring (bicyclic) bond motifs is 1. The molecule has 0 bridgehead atoms. The van der Waals surface area contributed by atoms with E-state index >= 15 is 0 Å². The SMILES string of the molecule is CC(C)OC(=O)N1CCC(Oc2ncnc3c2cnn3-c2cc(F)c(S(N)(=O)=O)cc2F)CC1. The second-order valence-electron chi connectivity index (χ2n) is 7.99. The third-order valence-corrected chi connectivity index (χ3v) is 6.11. The predicted molar refractivity (Wildman–Crippen MR) is 115 cm³/mol. The summed E-state index contributed by atoms with van der Waals surface area (Å²) in [6.07, 6.45) is 2.79. The molecule has 14 heteroatoms. The molecule has 4 rings (SSSR count). The van der Waals surface area contributed by atoms with Crippen molar-refractivity contribution in [1.82, 2.24) is 24.6 Å². The maximum Gasteiger partial charge on any atom is 0.410 e. The summed E-state index contributed by atoms with van der Waals surface area (Å²) in [5, 5.41) is 9.32. The van der Waals surface area contributed by atoms with Gasteiger partial charge in [-0.25, -0.2) is 41.8 Å². The number of rotatable bonds is 5. The Balaban J connectivity index is 1.56. The van der Waals surface area contributed by atoms with E-state index in [1.807, 2.05) is 0 Å². The fourth-order valence-corrected chi connectivity index (χ4v) is 4.18. The second-order valence-corrected chi connectivity index (χ2v) is 9.52. The molecule has 1 amide bonds. The van der Waals surface area contributed by atoms with Crippen molar-refractivity contribution in [3.8, 4) is 11.6 Å². The molecule has 34 heavy (non-hydrogen) atoms. The van der Waals surface area contributed by atoms with Gasteiger partial charge in [0.05, 0.1) is 12.3 Å². The minimum atomic E-state index is -4.45. The van der Waals surface area contributed by atoms with E-state index in [-0.39, 0.29) is 35.5 Å². The lowest BCUT2D eigenvalue weighted by Crippen LogP contribution is -2.42. The number of primary sulfonamides is 1. The lowest BCUT2D eigenvalue weighted by Gasteiger charge is -2.31. The van der Waals surface area contributed by atoms with E-state index in [1.165, 1.54) is 12.5 Å². The van der Waals surface area contributed by atoms with Crippen LogP contribution in [0.1, 0.15) is 26.7 Å². The zero-order valence-electron chi connectivity index (χ0n) is 18.3. The highest BCUT2D eigenvalue weighted by molar-refractivity contribution is 7.89. The maximum absolute atomic E-state index is 14.6. The third-order valence-electron chi connectivity index (χ3n) is 5.18. The van der Waals surface area contributed by atoms with Gasteiger partial charge in [0.15, 0.2) is 11.5 Å². The summed E-state index contributed by atoms with van der Waals surface area (Å²) >= 11 is 0. The summed E-state index contributed by atoms with van der Waals surface area (Å²) in [5.41, 5.74) is -0.230. The maximum atomic E-state index is 14.6. The molecular formula is C20H22F2N6O5S. The summed E-state index contributed by atoms with van der Waals surface area (Å²) in [5.74, 6) is -2.09. The third kappa shape index (κ3) is 4.77. The molecule has 1 fully saturated rings. The van der Waals surface area contributed by atoms with Gasteiger partial charge in [-0.3, -0.25) is 0 Å². The first-order valence-electron chi connectivity index (χ1n) is 10.4. The van der Waals surface area contributed by atoms with Gasteiger partial charge in [0, 0.05) is 32.0 Å². The Hall–Kier alpha value is -3.39. The average molecular weight is 496 g/mol. The van der Waals surface area contributed by atoms with Crippen LogP contribution >= 0.6 is 0 Å². The summed E-state index contributed by atoms with van der Waals surface area (Å²) in [6, 6.07) is 1.17. The van der Waals surface area contributed by atoms with E-state index in [0.29, 0.717) is 43.5 Å². The number of ether oxygens (including phenoxy) is 2. The van der Waals surface area contributed by atoms with Crippen LogP contribution in [0.5, 0.6) is 5.88 Å². The van der Waals surface area contributed by atoms with Gasteiger partial charge in [-0.15, -0.1) is 0 Å². The number of hydrogen-bond donors (Lipinski definition) is 1. The van der Waals surface area contributed by atoms with E-state index < -0.39 is 26.6 Å². The molecule has 3 heterocycles. The topological polar surface area (TPSA) is 143 Å². The molecule has 0 spiro atoms. The zero-order valence-corrected chi connectivity index (χ0v) is 19.1. The van der Waals surface area contributed by atoms with Crippen molar-refractivity contribution in [2.75, 3.05) is 13.1 Å². The fourth-order valence-electron chi connectivity index (χ4n) is 3.58. The first-order valence-corrected chi connectivity index (χ1v) is 11.9. The number of piperidine rings is 1. The van der Waals surface area contributed by atoms with Crippen LogP contribution in [0.15, 0.2) is 29.6 Å². The Morgan fingerprint density at radius 1 is 1.18 bits per heavy atom. The largest absolute Gasteiger partial charge is 0.474 e. The Morgan fingerprint density at radius 3 is 2.53 bits per heavy atom. The minimum absolute atomic E-state index is 0.129. The molecule has 0 radical (unpaired) electrons. The predicted octanol–water partition coefficient (Wildman–Crippen LogP) is 2.13. The minimum Gasteiger partial charge on any atom is -0.474 e. The lowest BCUT2D eigenvalue weighted by molar-refractivity contribution is 0.0511. The number of carbonyl (C=O) groups is 1.